The first kappa shape index (κ1) is 13.2. The normalized spacial score (nSPS) is 10.5. The summed E-state index contributed by atoms with van der Waals surface area (Å²) in [6, 6.07) is 0. The zero-order chi connectivity index (χ0) is 12.0. The number of hydrogen-bond acceptors (Lipinski definition) is 4. The van der Waals surface area contributed by atoms with E-state index in [1.54, 1.807) is 0 Å². The van der Waals surface area contributed by atoms with Crippen LogP contribution in [0.4, 0.5) is 5.95 Å². The number of unbranched alkanes of at least 4 members (excludes halogenated alkanes) is 2. The Morgan fingerprint density at radius 3 is 2.56 bits per heavy atom. The summed E-state index contributed by atoms with van der Waals surface area (Å²) in [7, 11) is 0. The fraction of sp³-hybridized carbons (Fsp3) is 0.636. The van der Waals surface area contributed by atoms with Crippen LogP contribution in [0, 0.1) is 13.8 Å². The summed E-state index contributed by atoms with van der Waals surface area (Å²) in [5.41, 5.74) is 1.82. The molecule has 1 aromatic heterocycles. The SMILES string of the molecule is Cc1nc(NCCCCCO)nc(Cl)c1C. The van der Waals surface area contributed by atoms with Gasteiger partial charge >= 0.3 is 0 Å². The van der Waals surface area contributed by atoms with Crippen LogP contribution in [-0.4, -0.2) is 28.2 Å². The van der Waals surface area contributed by atoms with Crippen LogP contribution in [0.3, 0.4) is 0 Å². The molecule has 2 N–H and O–H groups in total. The van der Waals surface area contributed by atoms with Crippen molar-refractivity contribution < 1.29 is 5.11 Å². The average molecular weight is 244 g/mol. The second kappa shape index (κ2) is 6.66. The quantitative estimate of drug-likeness (QED) is 0.595. The van der Waals surface area contributed by atoms with Crippen molar-refractivity contribution in [1.29, 1.82) is 0 Å². The average Bonchev–Trinajstić information content (AvgIpc) is 2.25. The molecule has 0 aliphatic carbocycles. The molecule has 0 fully saturated rings. The van der Waals surface area contributed by atoms with Crippen molar-refractivity contribution in [3.05, 3.63) is 16.4 Å². The maximum absolute atomic E-state index is 8.62. The molecule has 0 saturated heterocycles. The minimum Gasteiger partial charge on any atom is -0.396 e. The molecule has 0 amide bonds. The van der Waals surface area contributed by atoms with Crippen LogP contribution in [-0.2, 0) is 0 Å². The molecular formula is C11H18ClN3O. The zero-order valence-electron chi connectivity index (χ0n) is 9.76. The molecule has 0 aliphatic heterocycles. The summed E-state index contributed by atoms with van der Waals surface area (Å²) in [4.78, 5) is 8.44. The molecule has 0 saturated carbocycles. The standard InChI is InChI=1S/C11H18ClN3O/c1-8-9(2)14-11(15-10(8)12)13-6-4-3-5-7-16/h16H,3-7H2,1-2H3,(H,13,14,15). The van der Waals surface area contributed by atoms with Crippen molar-refractivity contribution in [3.8, 4) is 0 Å². The van der Waals surface area contributed by atoms with Crippen LogP contribution in [0.15, 0.2) is 0 Å². The van der Waals surface area contributed by atoms with Crippen LogP contribution >= 0.6 is 11.6 Å². The zero-order valence-corrected chi connectivity index (χ0v) is 10.5. The number of aryl methyl sites for hydroxylation is 1. The molecule has 1 aromatic rings. The molecule has 5 heteroatoms. The minimum atomic E-state index is 0.256. The molecule has 1 heterocycles. The Morgan fingerprint density at radius 1 is 1.19 bits per heavy atom. The Kier molecular flexibility index (Phi) is 5.49. The van der Waals surface area contributed by atoms with Gasteiger partial charge in [0, 0.05) is 24.4 Å². The Labute approximate surface area is 101 Å². The second-order valence-corrected chi connectivity index (χ2v) is 4.12. The van der Waals surface area contributed by atoms with Gasteiger partial charge in [-0.05, 0) is 33.1 Å². The minimum absolute atomic E-state index is 0.256. The van der Waals surface area contributed by atoms with E-state index in [0.29, 0.717) is 11.1 Å². The van der Waals surface area contributed by atoms with E-state index in [-0.39, 0.29) is 6.61 Å². The third-order valence-electron chi connectivity index (χ3n) is 2.45. The molecule has 16 heavy (non-hydrogen) atoms. The van der Waals surface area contributed by atoms with Crippen molar-refractivity contribution in [3.63, 3.8) is 0 Å². The largest absolute Gasteiger partial charge is 0.396 e. The molecule has 0 unspecified atom stereocenters. The Balaban J connectivity index is 2.43. The van der Waals surface area contributed by atoms with Crippen molar-refractivity contribution in [2.45, 2.75) is 33.1 Å². The monoisotopic (exact) mass is 243 g/mol. The summed E-state index contributed by atoms with van der Waals surface area (Å²) in [6.07, 6.45) is 2.84. The van der Waals surface area contributed by atoms with Gasteiger partial charge < -0.3 is 10.4 Å². The summed E-state index contributed by atoms with van der Waals surface area (Å²) in [6.45, 7) is 4.88. The van der Waals surface area contributed by atoms with E-state index in [0.717, 1.165) is 37.1 Å². The number of halogens is 1. The van der Waals surface area contributed by atoms with Gasteiger partial charge in [-0.2, -0.15) is 0 Å². The van der Waals surface area contributed by atoms with E-state index < -0.39 is 0 Å². The lowest BCUT2D eigenvalue weighted by Gasteiger charge is -2.07. The van der Waals surface area contributed by atoms with Gasteiger partial charge in [-0.15, -0.1) is 0 Å². The summed E-state index contributed by atoms with van der Waals surface area (Å²) in [5, 5.41) is 12.3. The third kappa shape index (κ3) is 3.94. The lowest BCUT2D eigenvalue weighted by atomic mass is 10.2. The van der Waals surface area contributed by atoms with Gasteiger partial charge in [-0.1, -0.05) is 11.6 Å². The van der Waals surface area contributed by atoms with E-state index in [1.807, 2.05) is 13.8 Å². The first-order valence-electron chi connectivity index (χ1n) is 5.50. The molecule has 0 radical (unpaired) electrons. The van der Waals surface area contributed by atoms with Crippen LogP contribution < -0.4 is 5.32 Å². The number of anilines is 1. The van der Waals surface area contributed by atoms with Crippen molar-refractivity contribution in [2.75, 3.05) is 18.5 Å². The van der Waals surface area contributed by atoms with Crippen molar-refractivity contribution >= 4 is 17.5 Å². The Hall–Kier alpha value is -0.870. The fourth-order valence-electron chi connectivity index (χ4n) is 1.29. The first-order valence-corrected chi connectivity index (χ1v) is 5.88. The summed E-state index contributed by atoms with van der Waals surface area (Å²) in [5.74, 6) is 0.581. The van der Waals surface area contributed by atoms with E-state index in [4.69, 9.17) is 16.7 Å². The molecule has 0 bridgehead atoms. The van der Waals surface area contributed by atoms with Crippen LogP contribution in [0.25, 0.3) is 0 Å². The highest BCUT2D eigenvalue weighted by atomic mass is 35.5. The number of nitrogens with zero attached hydrogens (tertiary/aromatic N) is 2. The van der Waals surface area contributed by atoms with Gasteiger partial charge in [0.1, 0.15) is 5.15 Å². The topological polar surface area (TPSA) is 58.0 Å². The maximum Gasteiger partial charge on any atom is 0.224 e. The van der Waals surface area contributed by atoms with Gasteiger partial charge in [-0.3, -0.25) is 0 Å². The smallest absolute Gasteiger partial charge is 0.224 e. The van der Waals surface area contributed by atoms with Gasteiger partial charge in [0.2, 0.25) is 5.95 Å². The van der Waals surface area contributed by atoms with Gasteiger partial charge in [0.15, 0.2) is 0 Å². The van der Waals surface area contributed by atoms with Crippen LogP contribution in [0.1, 0.15) is 30.5 Å². The molecule has 4 nitrogen and oxygen atoms in total. The number of hydrogen-bond donors (Lipinski definition) is 2. The number of aromatic nitrogens is 2. The molecule has 90 valence electrons. The molecule has 0 spiro atoms. The van der Waals surface area contributed by atoms with Crippen molar-refractivity contribution in [1.82, 2.24) is 9.97 Å². The first-order chi connectivity index (χ1) is 7.65. The summed E-state index contributed by atoms with van der Waals surface area (Å²) < 4.78 is 0. The van der Waals surface area contributed by atoms with E-state index >= 15 is 0 Å². The van der Waals surface area contributed by atoms with Crippen LogP contribution in [0.5, 0.6) is 0 Å². The lowest BCUT2D eigenvalue weighted by Crippen LogP contribution is -2.07. The number of aliphatic hydroxyl groups is 1. The number of rotatable bonds is 6. The molecular weight excluding hydrogens is 226 g/mol. The maximum atomic E-state index is 8.62. The predicted octanol–water partition coefficient (Wildman–Crippen LogP) is 2.32. The van der Waals surface area contributed by atoms with E-state index in [1.165, 1.54) is 0 Å². The lowest BCUT2D eigenvalue weighted by molar-refractivity contribution is 0.283. The molecule has 0 aliphatic rings. The Morgan fingerprint density at radius 2 is 1.94 bits per heavy atom. The molecule has 0 aromatic carbocycles. The third-order valence-corrected chi connectivity index (χ3v) is 2.82. The highest BCUT2D eigenvalue weighted by Crippen LogP contribution is 2.16. The number of nitrogens with one attached hydrogen (secondary N) is 1. The van der Waals surface area contributed by atoms with Crippen molar-refractivity contribution in [2.24, 2.45) is 0 Å². The van der Waals surface area contributed by atoms with E-state index in [9.17, 15) is 0 Å². The predicted molar refractivity (Wildman–Crippen MR) is 65.9 cm³/mol. The van der Waals surface area contributed by atoms with E-state index in [2.05, 4.69) is 15.3 Å². The number of aliphatic hydroxyl groups excluding tert-OH is 1. The second-order valence-electron chi connectivity index (χ2n) is 3.76. The Bertz CT molecular complexity index is 321. The molecule has 1 rings (SSSR count). The molecule has 0 atom stereocenters. The summed E-state index contributed by atoms with van der Waals surface area (Å²) >= 11 is 5.96. The van der Waals surface area contributed by atoms with Crippen LogP contribution in [0.2, 0.25) is 5.15 Å². The highest BCUT2D eigenvalue weighted by molar-refractivity contribution is 6.30. The van der Waals surface area contributed by atoms with Gasteiger partial charge in [0.25, 0.3) is 0 Å². The van der Waals surface area contributed by atoms with Gasteiger partial charge in [0.05, 0.1) is 0 Å². The highest BCUT2D eigenvalue weighted by Gasteiger charge is 2.04. The fourth-order valence-corrected chi connectivity index (χ4v) is 1.50. The van der Waals surface area contributed by atoms with Gasteiger partial charge in [-0.25, -0.2) is 9.97 Å².